The Bertz CT molecular complexity index is 1230. The van der Waals surface area contributed by atoms with Gasteiger partial charge in [-0.05, 0) is 59.7 Å². The quantitative estimate of drug-likeness (QED) is 0.373. The summed E-state index contributed by atoms with van der Waals surface area (Å²) in [5, 5.41) is 3.13. The third kappa shape index (κ3) is 5.44. The monoisotopic (exact) mass is 481 g/mol. The minimum atomic E-state index is -0.0805. The van der Waals surface area contributed by atoms with Crippen molar-refractivity contribution in [3.8, 4) is 16.9 Å². The number of piperazine rings is 1. The lowest BCUT2D eigenvalue weighted by atomic mass is 10.0. The molecule has 1 saturated heterocycles. The number of carbonyl (C=O) groups excluding carboxylic acids is 1. The Hall–Kier alpha value is -4.03. The molecule has 3 aromatic carbocycles. The van der Waals surface area contributed by atoms with Crippen molar-refractivity contribution in [3.05, 3.63) is 109 Å². The number of hydrogen-bond acceptors (Lipinski definition) is 5. The van der Waals surface area contributed by atoms with E-state index < -0.39 is 0 Å². The molecule has 184 valence electrons. The smallest absolute Gasteiger partial charge is 0.251 e. The molecule has 1 fully saturated rings. The number of carbonyl (C=O) groups is 1. The molecule has 1 aliphatic rings. The van der Waals surface area contributed by atoms with Gasteiger partial charge in [-0.2, -0.15) is 0 Å². The molecule has 1 unspecified atom stereocenters. The molecule has 5 rings (SSSR count). The molecule has 6 nitrogen and oxygen atoms in total. The highest BCUT2D eigenvalue weighted by Crippen LogP contribution is 2.26. The zero-order valence-electron chi connectivity index (χ0n) is 20.5. The summed E-state index contributed by atoms with van der Waals surface area (Å²) in [6.45, 7) is 4.03. The van der Waals surface area contributed by atoms with Crippen molar-refractivity contribution in [1.82, 2.24) is 10.2 Å². The lowest BCUT2D eigenvalue weighted by molar-refractivity contribution is 0.0923. The molecule has 6 heteroatoms. The van der Waals surface area contributed by atoms with E-state index in [1.165, 1.54) is 5.69 Å². The van der Waals surface area contributed by atoms with Crippen LogP contribution in [0.15, 0.2) is 102 Å². The molecule has 2 heterocycles. The van der Waals surface area contributed by atoms with E-state index in [9.17, 15) is 4.79 Å². The molecule has 1 aliphatic heterocycles. The second-order valence-electron chi connectivity index (χ2n) is 8.91. The summed E-state index contributed by atoms with van der Waals surface area (Å²) in [5.41, 5.74) is 4.07. The van der Waals surface area contributed by atoms with Gasteiger partial charge in [0.1, 0.15) is 11.5 Å². The Balaban J connectivity index is 1.21. The normalized spacial score (nSPS) is 14.9. The summed E-state index contributed by atoms with van der Waals surface area (Å²) in [4.78, 5) is 17.7. The van der Waals surface area contributed by atoms with E-state index in [2.05, 4.69) is 39.4 Å². The second kappa shape index (κ2) is 11.1. The zero-order chi connectivity index (χ0) is 24.7. The number of benzene rings is 3. The second-order valence-corrected chi connectivity index (χ2v) is 8.91. The molecule has 36 heavy (non-hydrogen) atoms. The molecule has 1 N–H and O–H groups in total. The van der Waals surface area contributed by atoms with E-state index >= 15 is 0 Å². The van der Waals surface area contributed by atoms with Crippen molar-refractivity contribution in [1.29, 1.82) is 0 Å². The molecule has 0 bridgehead atoms. The summed E-state index contributed by atoms with van der Waals surface area (Å²) in [5.74, 6) is 1.65. The molecular formula is C30H31N3O3. The lowest BCUT2D eigenvalue weighted by Crippen LogP contribution is -2.49. The Kier molecular flexibility index (Phi) is 7.33. The van der Waals surface area contributed by atoms with Crippen molar-refractivity contribution in [2.45, 2.75) is 6.04 Å². The molecule has 4 aromatic rings. The van der Waals surface area contributed by atoms with Crippen molar-refractivity contribution in [3.63, 3.8) is 0 Å². The Morgan fingerprint density at radius 1 is 0.861 bits per heavy atom. The molecule has 0 spiro atoms. The first-order valence-corrected chi connectivity index (χ1v) is 12.3. The van der Waals surface area contributed by atoms with Gasteiger partial charge >= 0.3 is 0 Å². The van der Waals surface area contributed by atoms with Gasteiger partial charge in [-0.25, -0.2) is 0 Å². The highest BCUT2D eigenvalue weighted by Gasteiger charge is 2.27. The van der Waals surface area contributed by atoms with E-state index in [1.54, 1.807) is 13.4 Å². The van der Waals surface area contributed by atoms with E-state index in [0.717, 1.165) is 48.8 Å². The van der Waals surface area contributed by atoms with E-state index in [1.807, 2.05) is 66.7 Å². The lowest BCUT2D eigenvalue weighted by Gasteiger charge is -2.39. The number of hydrogen-bond donors (Lipinski definition) is 1. The minimum Gasteiger partial charge on any atom is -0.497 e. The van der Waals surface area contributed by atoms with Gasteiger partial charge < -0.3 is 19.4 Å². The standard InChI is InChI=1S/C30H31N3O3/c1-35-27-15-13-26(14-16-27)32-17-19-33(20-18-32)28(29-8-5-21-36-29)22-31-30(34)25-11-9-24(10-12-25)23-6-3-2-4-7-23/h2-16,21,28H,17-20,22H2,1H3,(H,31,34). The number of amides is 1. The zero-order valence-corrected chi connectivity index (χ0v) is 20.5. The van der Waals surface area contributed by atoms with Gasteiger partial charge in [-0.1, -0.05) is 42.5 Å². The summed E-state index contributed by atoms with van der Waals surface area (Å²) in [6, 6.07) is 30.0. The number of anilines is 1. The Morgan fingerprint density at radius 3 is 2.19 bits per heavy atom. The van der Waals surface area contributed by atoms with Crippen LogP contribution in [0.1, 0.15) is 22.2 Å². The van der Waals surface area contributed by atoms with Crippen LogP contribution in [0.2, 0.25) is 0 Å². The van der Waals surface area contributed by atoms with E-state index in [4.69, 9.17) is 9.15 Å². The Labute approximate surface area is 212 Å². The van der Waals surface area contributed by atoms with Gasteiger partial charge in [-0.15, -0.1) is 0 Å². The molecule has 0 aliphatic carbocycles. The van der Waals surface area contributed by atoms with Crippen LogP contribution in [0.25, 0.3) is 11.1 Å². The molecule has 1 amide bonds. The van der Waals surface area contributed by atoms with Crippen LogP contribution in [-0.2, 0) is 0 Å². The van der Waals surface area contributed by atoms with Crippen LogP contribution in [-0.4, -0.2) is 50.6 Å². The van der Waals surface area contributed by atoms with E-state index in [0.29, 0.717) is 12.1 Å². The SMILES string of the molecule is COc1ccc(N2CCN(C(CNC(=O)c3ccc(-c4ccccc4)cc3)c3ccco3)CC2)cc1. The van der Waals surface area contributed by atoms with Crippen LogP contribution >= 0.6 is 0 Å². The van der Waals surface area contributed by atoms with Crippen molar-refractivity contribution >= 4 is 11.6 Å². The number of nitrogens with one attached hydrogen (secondary N) is 1. The largest absolute Gasteiger partial charge is 0.497 e. The fourth-order valence-electron chi connectivity index (χ4n) is 4.71. The number of methoxy groups -OCH3 is 1. The fraction of sp³-hybridized carbons (Fsp3) is 0.233. The number of rotatable bonds is 8. The third-order valence-electron chi connectivity index (χ3n) is 6.77. The topological polar surface area (TPSA) is 58.0 Å². The number of nitrogens with zero attached hydrogens (tertiary/aromatic N) is 2. The first-order valence-electron chi connectivity index (χ1n) is 12.3. The first kappa shape index (κ1) is 23.7. The van der Waals surface area contributed by atoms with Crippen LogP contribution in [0.5, 0.6) is 5.75 Å². The minimum absolute atomic E-state index is 0.0226. The van der Waals surface area contributed by atoms with Crippen molar-refractivity contribution < 1.29 is 13.9 Å². The molecule has 0 radical (unpaired) electrons. The van der Waals surface area contributed by atoms with Gasteiger partial charge in [0.05, 0.1) is 19.4 Å². The maximum atomic E-state index is 13.0. The highest BCUT2D eigenvalue weighted by atomic mass is 16.5. The predicted molar refractivity (Wildman–Crippen MR) is 142 cm³/mol. The predicted octanol–water partition coefficient (Wildman–Crippen LogP) is 5.25. The first-order chi connectivity index (χ1) is 17.7. The van der Waals surface area contributed by atoms with Crippen LogP contribution < -0.4 is 15.0 Å². The molecule has 1 atom stereocenters. The van der Waals surface area contributed by atoms with Crippen molar-refractivity contribution in [2.24, 2.45) is 0 Å². The van der Waals surface area contributed by atoms with Gasteiger partial charge in [0.25, 0.3) is 5.91 Å². The summed E-state index contributed by atoms with van der Waals surface area (Å²) >= 11 is 0. The third-order valence-corrected chi connectivity index (χ3v) is 6.77. The average Bonchev–Trinajstić information content (AvgIpc) is 3.49. The van der Waals surface area contributed by atoms with E-state index in [-0.39, 0.29) is 11.9 Å². The van der Waals surface area contributed by atoms with Crippen LogP contribution in [0.4, 0.5) is 5.69 Å². The summed E-state index contributed by atoms with van der Waals surface area (Å²) in [6.07, 6.45) is 1.69. The summed E-state index contributed by atoms with van der Waals surface area (Å²) in [7, 11) is 1.68. The van der Waals surface area contributed by atoms with Crippen LogP contribution in [0, 0.1) is 0 Å². The van der Waals surface area contributed by atoms with Gasteiger partial charge in [0.15, 0.2) is 0 Å². The molecule has 1 aromatic heterocycles. The maximum Gasteiger partial charge on any atom is 0.251 e. The van der Waals surface area contributed by atoms with Crippen molar-refractivity contribution in [2.75, 3.05) is 44.7 Å². The number of ether oxygens (including phenoxy) is 1. The molecule has 0 saturated carbocycles. The summed E-state index contributed by atoms with van der Waals surface area (Å²) < 4.78 is 11.0. The average molecular weight is 482 g/mol. The number of furan rings is 1. The fourth-order valence-corrected chi connectivity index (χ4v) is 4.71. The molecular weight excluding hydrogens is 450 g/mol. The van der Waals surface area contributed by atoms with Gasteiger partial charge in [0.2, 0.25) is 0 Å². The van der Waals surface area contributed by atoms with Gasteiger partial charge in [-0.3, -0.25) is 9.69 Å². The van der Waals surface area contributed by atoms with Gasteiger partial charge in [0, 0.05) is 44.0 Å². The Morgan fingerprint density at radius 2 is 1.56 bits per heavy atom. The maximum absolute atomic E-state index is 13.0. The highest BCUT2D eigenvalue weighted by molar-refractivity contribution is 5.94. The van der Waals surface area contributed by atoms with Crippen LogP contribution in [0.3, 0.4) is 0 Å².